The maximum absolute atomic E-state index is 2.96. The summed E-state index contributed by atoms with van der Waals surface area (Å²) in [5.41, 5.74) is 3.03. The summed E-state index contributed by atoms with van der Waals surface area (Å²) in [4.78, 5) is 15.9. The minimum absolute atomic E-state index is 1.00. The summed E-state index contributed by atoms with van der Waals surface area (Å²) in [6, 6.07) is 22.6. The van der Waals surface area contributed by atoms with E-state index in [4.69, 9.17) is 0 Å². The second kappa shape index (κ2) is 1.46. The third-order valence-electron chi connectivity index (χ3n) is 17.9. The van der Waals surface area contributed by atoms with E-state index in [0.29, 0.717) is 0 Å². The van der Waals surface area contributed by atoms with Crippen molar-refractivity contribution in [1.29, 1.82) is 0 Å². The van der Waals surface area contributed by atoms with Gasteiger partial charge in [0.05, 0.1) is 0 Å². The van der Waals surface area contributed by atoms with Crippen molar-refractivity contribution in [2.45, 2.75) is 60.7 Å². The Morgan fingerprint density at radius 2 is 1.07 bits per heavy atom. The van der Waals surface area contributed by atoms with Gasteiger partial charge >= 0.3 is 150 Å². The number of hydrogen-bond donors (Lipinski definition) is 0. The number of nitrogens with zero attached hydrogens (tertiary/aromatic N) is 1. The van der Waals surface area contributed by atoms with Crippen LogP contribution in [0.15, 0.2) is 60.7 Å². The third-order valence-corrected chi connectivity index (χ3v) is 60.9. The van der Waals surface area contributed by atoms with Crippen LogP contribution in [0.4, 0.5) is 0 Å². The van der Waals surface area contributed by atoms with Crippen molar-refractivity contribution in [1.82, 2.24) is 4.90 Å². The number of benzene rings is 2. The van der Waals surface area contributed by atoms with E-state index >= 15 is 0 Å². The van der Waals surface area contributed by atoms with Crippen molar-refractivity contribution in [2.75, 3.05) is 6.54 Å². The summed E-state index contributed by atoms with van der Waals surface area (Å²) in [5, 5.41) is 0. The molecule has 0 radical (unpaired) electrons. The predicted molar refractivity (Wildman–Crippen MR) is 103 cm³/mol. The zero-order valence-electron chi connectivity index (χ0n) is 15.4. The Hall–Kier alpha value is -1.08. The summed E-state index contributed by atoms with van der Waals surface area (Å²) in [6.45, 7) is 0.864. The van der Waals surface area contributed by atoms with E-state index in [1.54, 1.807) is 0 Å². The Morgan fingerprint density at radius 3 is 1.41 bits per heavy atom. The molecule has 1 nitrogen and oxygen atoms in total. The molecule has 0 bridgehead atoms. The molecule has 0 N–H and O–H groups in total. The molecule has 2 aromatic rings. The zero-order chi connectivity index (χ0) is 16.9. The molecule has 12 rings (SSSR count). The Balaban J connectivity index is 1.03. The monoisotopic (exact) mass is 395 g/mol. The first-order valence-electron chi connectivity index (χ1n) is 11.1. The van der Waals surface area contributed by atoms with E-state index in [-0.39, 0.29) is 0 Å². The average molecular weight is 395 g/mol. The minimum atomic E-state index is -2.96. The molecule has 10 heterocycles. The molecule has 138 valence electrons. The van der Waals surface area contributed by atoms with Gasteiger partial charge in [0.2, 0.25) is 0 Å². The van der Waals surface area contributed by atoms with Gasteiger partial charge in [0, 0.05) is 0 Å². The fraction of sp³-hybridized carbons (Fsp3) is 0.520. The van der Waals surface area contributed by atoms with Crippen molar-refractivity contribution in [2.24, 2.45) is 0 Å². The molecular formula is C25H25FeN. The van der Waals surface area contributed by atoms with Crippen LogP contribution >= 0.6 is 0 Å². The second-order valence-electron chi connectivity index (χ2n) is 14.0. The van der Waals surface area contributed by atoms with E-state index in [9.17, 15) is 0 Å². The van der Waals surface area contributed by atoms with Gasteiger partial charge in [-0.25, -0.2) is 0 Å². The van der Waals surface area contributed by atoms with Crippen LogP contribution in [0.2, 0.25) is 47.7 Å². The van der Waals surface area contributed by atoms with Gasteiger partial charge in [-0.3, -0.25) is 0 Å². The van der Waals surface area contributed by atoms with Crippen LogP contribution in [-0.2, 0) is 19.6 Å². The Labute approximate surface area is 150 Å². The number of hydrogen-bond acceptors (Lipinski definition) is 1. The normalized spacial score (nSPS) is 79.4. The molecule has 10 aliphatic rings. The van der Waals surface area contributed by atoms with E-state index in [1.807, 2.05) is 0 Å². The first-order chi connectivity index (χ1) is 13.1. The van der Waals surface area contributed by atoms with Gasteiger partial charge < -0.3 is 0 Å². The average Bonchev–Trinajstić information content (AvgIpc) is 3.64. The van der Waals surface area contributed by atoms with Crippen LogP contribution in [0.1, 0.15) is 11.1 Å². The summed E-state index contributed by atoms with van der Waals surface area (Å²) in [5.74, 6) is 0. The maximum atomic E-state index is 2.91. The van der Waals surface area contributed by atoms with Crippen molar-refractivity contribution in [3.8, 4) is 0 Å². The molecule has 0 aliphatic carbocycles. The number of fused-ring (bicyclic) bond motifs is 10. The summed E-state index contributed by atoms with van der Waals surface area (Å²) >= 11 is 0. The van der Waals surface area contributed by atoms with Gasteiger partial charge in [0.15, 0.2) is 0 Å². The van der Waals surface area contributed by atoms with Gasteiger partial charge in [0.25, 0.3) is 0 Å². The molecule has 10 saturated heterocycles. The first kappa shape index (κ1) is 11.8. The van der Waals surface area contributed by atoms with Gasteiger partial charge in [-0.2, -0.15) is 0 Å². The zero-order valence-corrected chi connectivity index (χ0v) is 16.5. The van der Waals surface area contributed by atoms with Crippen LogP contribution < -0.4 is 0 Å². The first-order valence-corrected chi connectivity index (χ1v) is 17.4. The Bertz CT molecular complexity index is 1360. The molecular weight excluding hydrogens is 370 g/mol. The fourth-order valence-electron chi connectivity index (χ4n) is 19.3. The third kappa shape index (κ3) is 0.226. The quantitative estimate of drug-likeness (QED) is 0.508. The molecule has 10 fully saturated rings. The molecule has 4 atom stereocenters. The van der Waals surface area contributed by atoms with Gasteiger partial charge in [-0.1, -0.05) is 0 Å². The molecule has 0 saturated carbocycles. The molecule has 0 aromatic heterocycles. The topological polar surface area (TPSA) is 3.24 Å². The van der Waals surface area contributed by atoms with Crippen LogP contribution in [-0.4, -0.2) is 11.4 Å². The van der Waals surface area contributed by atoms with Gasteiger partial charge in [0.1, 0.15) is 0 Å². The molecule has 2 heteroatoms. The van der Waals surface area contributed by atoms with E-state index in [1.165, 1.54) is 61.0 Å². The van der Waals surface area contributed by atoms with Crippen LogP contribution in [0.5, 0.6) is 0 Å². The molecule has 27 heavy (non-hydrogen) atoms. The van der Waals surface area contributed by atoms with Crippen molar-refractivity contribution >= 4 is 0 Å². The SMILES string of the molecule is c1ccc(CN(Cc2ccccc2)C[C]23[CH]4[CH]5[CH]6[CH]2[Fe]56432789[CH]3[CH]2[CH]7[CH]8[CH]39)cc1. The van der Waals surface area contributed by atoms with Crippen molar-refractivity contribution in [3.63, 3.8) is 0 Å². The van der Waals surface area contributed by atoms with Gasteiger partial charge in [-0.05, 0) is 0 Å². The molecule has 1 spiro atoms. The fourth-order valence-corrected chi connectivity index (χ4v) is 94.0. The molecule has 0 amide bonds. The predicted octanol–water partition coefficient (Wildman–Crippen LogP) is 6.45. The van der Waals surface area contributed by atoms with Gasteiger partial charge in [-0.15, -0.1) is 0 Å². The summed E-state index contributed by atoms with van der Waals surface area (Å²) < 4.78 is 1.00. The second-order valence-corrected chi connectivity index (χ2v) is 37.6. The summed E-state index contributed by atoms with van der Waals surface area (Å²) in [6.07, 6.45) is 0. The standard InChI is InChI=1S/C20H20N.C5H5.Fe/c1-3-9-18(10-4-1)15-21(17-20-13-7-8-14-20)16-19-11-5-2-6-12-19;1-2-4-5-3-1;/h1-14H,15-17H2;1-5H;. The van der Waals surface area contributed by atoms with E-state index in [0.717, 1.165) is 17.4 Å². The van der Waals surface area contributed by atoms with Crippen molar-refractivity contribution < 1.29 is 6.51 Å². The molecule has 2 aromatic carbocycles. The van der Waals surface area contributed by atoms with Crippen LogP contribution in [0.25, 0.3) is 0 Å². The van der Waals surface area contributed by atoms with Crippen molar-refractivity contribution in [3.05, 3.63) is 71.8 Å². The Kier molecular flexibility index (Phi) is 0.637. The van der Waals surface area contributed by atoms with E-state index < -0.39 is 6.51 Å². The Morgan fingerprint density at radius 1 is 0.630 bits per heavy atom. The number of rotatable bonds is 6. The van der Waals surface area contributed by atoms with Crippen LogP contribution in [0, 0.1) is 0 Å². The van der Waals surface area contributed by atoms with E-state index in [2.05, 4.69) is 65.6 Å². The molecule has 4 unspecified atom stereocenters. The van der Waals surface area contributed by atoms with Crippen LogP contribution in [0.3, 0.4) is 0 Å². The molecule has 10 aliphatic heterocycles. The summed E-state index contributed by atoms with van der Waals surface area (Å²) in [7, 11) is 0.